The number of carbonyl (C=O) groups is 1. The van der Waals surface area contributed by atoms with E-state index in [1.165, 1.54) is 36.3 Å². The predicted octanol–water partition coefficient (Wildman–Crippen LogP) is 4.75. The molecular weight excluding hydrogens is 556 g/mol. The molecule has 1 aliphatic carbocycles. The van der Waals surface area contributed by atoms with Gasteiger partial charge in [0.05, 0.1) is 30.0 Å². The number of nitrogens with zero attached hydrogens (tertiary/aromatic N) is 5. The molecule has 0 radical (unpaired) electrons. The lowest BCUT2D eigenvalue weighted by molar-refractivity contribution is -0.141. The molecule has 0 unspecified atom stereocenters. The first-order valence-corrected chi connectivity index (χ1v) is 14.2. The van der Waals surface area contributed by atoms with Gasteiger partial charge in [0.1, 0.15) is 11.6 Å². The van der Waals surface area contributed by atoms with Crippen LogP contribution >= 0.6 is 0 Å². The van der Waals surface area contributed by atoms with Crippen molar-refractivity contribution in [2.75, 3.05) is 24.6 Å². The Morgan fingerprint density at radius 1 is 1.12 bits per heavy atom. The Labute approximate surface area is 240 Å². The summed E-state index contributed by atoms with van der Waals surface area (Å²) in [5.41, 5.74) is -0.276. The Bertz CT molecular complexity index is 1370. The van der Waals surface area contributed by atoms with Gasteiger partial charge in [-0.1, -0.05) is 0 Å². The number of hydrogen-bond donors (Lipinski definition) is 2. The zero-order valence-corrected chi connectivity index (χ0v) is 23.3. The van der Waals surface area contributed by atoms with Crippen molar-refractivity contribution in [2.24, 2.45) is 13.0 Å². The second-order valence-corrected chi connectivity index (χ2v) is 10.9. The van der Waals surface area contributed by atoms with Crippen molar-refractivity contribution in [1.82, 2.24) is 25.1 Å². The number of amides is 1. The van der Waals surface area contributed by atoms with Crippen LogP contribution in [-0.2, 0) is 13.2 Å². The maximum atomic E-state index is 14.6. The summed E-state index contributed by atoms with van der Waals surface area (Å²) in [6.45, 7) is 1.96. The summed E-state index contributed by atoms with van der Waals surface area (Å²) in [7, 11) is 1.45. The van der Waals surface area contributed by atoms with Crippen LogP contribution < -0.4 is 15.0 Å². The van der Waals surface area contributed by atoms with Crippen molar-refractivity contribution in [3.63, 3.8) is 0 Å². The molecule has 1 aromatic carbocycles. The Morgan fingerprint density at radius 2 is 1.86 bits per heavy atom. The summed E-state index contributed by atoms with van der Waals surface area (Å²) in [6.07, 6.45) is 3.70. The van der Waals surface area contributed by atoms with Crippen LogP contribution in [0.3, 0.4) is 0 Å². The monoisotopic (exact) mass is 590 g/mol. The molecule has 2 aromatic heterocycles. The number of aromatic nitrogens is 4. The molecule has 0 bridgehead atoms. The molecule has 3 aromatic rings. The van der Waals surface area contributed by atoms with Gasteiger partial charge >= 0.3 is 6.18 Å². The molecule has 5 rings (SSSR count). The summed E-state index contributed by atoms with van der Waals surface area (Å²) in [6, 6.07) is 4.84. The molecule has 2 aliphatic rings. The first kappa shape index (κ1) is 29.7. The minimum Gasteiger partial charge on any atom is -0.493 e. The van der Waals surface area contributed by atoms with E-state index in [9.17, 15) is 27.5 Å². The van der Waals surface area contributed by atoms with Crippen LogP contribution in [0.15, 0.2) is 36.7 Å². The molecule has 0 spiro atoms. The molecule has 9 nitrogen and oxygen atoms in total. The topological polar surface area (TPSA) is 105 Å². The van der Waals surface area contributed by atoms with Crippen LogP contribution in [-0.4, -0.2) is 62.6 Å². The fraction of sp³-hybridized carbons (Fsp3) is 0.517. The normalized spacial score (nSPS) is 19.7. The first-order chi connectivity index (χ1) is 20.1. The van der Waals surface area contributed by atoms with Crippen LogP contribution in [0.4, 0.5) is 23.5 Å². The molecule has 2 N–H and O–H groups in total. The van der Waals surface area contributed by atoms with Crippen LogP contribution in [0.2, 0.25) is 0 Å². The van der Waals surface area contributed by atoms with E-state index < -0.39 is 29.7 Å². The number of alkyl halides is 3. The third kappa shape index (κ3) is 7.00. The zero-order chi connectivity index (χ0) is 29.9. The Hall–Kier alpha value is -3.74. The van der Waals surface area contributed by atoms with E-state index in [-0.39, 0.29) is 11.6 Å². The SMILES string of the molecule is Cn1nc(C(F)(F)F)cc1-c1cnc(N2CCC(CCCOc3ccc(C(=O)N[C@H]4CCC[C@@H]4O)c(F)c3)CC2)nc1. The molecule has 1 amide bonds. The van der Waals surface area contributed by atoms with Gasteiger partial charge in [0, 0.05) is 44.2 Å². The average Bonchev–Trinajstić information content (AvgIpc) is 3.56. The maximum Gasteiger partial charge on any atom is 0.435 e. The predicted molar refractivity (Wildman–Crippen MR) is 146 cm³/mol. The fourth-order valence-corrected chi connectivity index (χ4v) is 5.60. The second-order valence-electron chi connectivity index (χ2n) is 10.9. The van der Waals surface area contributed by atoms with Gasteiger partial charge in [0.2, 0.25) is 5.95 Å². The van der Waals surface area contributed by atoms with Crippen LogP contribution in [0.1, 0.15) is 61.0 Å². The lowest BCUT2D eigenvalue weighted by atomic mass is 9.92. The van der Waals surface area contributed by atoms with Gasteiger partial charge in [-0.3, -0.25) is 9.48 Å². The molecule has 3 heterocycles. The fourth-order valence-electron chi connectivity index (χ4n) is 5.60. The van der Waals surface area contributed by atoms with Crippen molar-refractivity contribution in [1.29, 1.82) is 0 Å². The number of aliphatic hydroxyl groups excluding tert-OH is 1. The van der Waals surface area contributed by atoms with Gasteiger partial charge < -0.3 is 20.1 Å². The molecule has 1 saturated carbocycles. The lowest BCUT2D eigenvalue weighted by Crippen LogP contribution is -2.40. The molecule has 226 valence electrons. The number of hydrogen-bond acceptors (Lipinski definition) is 7. The van der Waals surface area contributed by atoms with Gasteiger partial charge in [-0.15, -0.1) is 0 Å². The number of piperidine rings is 1. The van der Waals surface area contributed by atoms with Crippen molar-refractivity contribution >= 4 is 11.9 Å². The Kier molecular flexibility index (Phi) is 8.95. The van der Waals surface area contributed by atoms with Crippen molar-refractivity contribution in [3.8, 4) is 17.0 Å². The number of nitrogens with one attached hydrogen (secondary N) is 1. The smallest absolute Gasteiger partial charge is 0.435 e. The summed E-state index contributed by atoms with van der Waals surface area (Å²) < 4.78 is 60.4. The lowest BCUT2D eigenvalue weighted by Gasteiger charge is -2.32. The molecule has 2 atom stereocenters. The number of carbonyl (C=O) groups excluding carboxylic acids is 1. The maximum absolute atomic E-state index is 14.6. The number of aryl methyl sites for hydroxylation is 1. The van der Waals surface area contributed by atoms with Gasteiger partial charge in [-0.25, -0.2) is 14.4 Å². The summed E-state index contributed by atoms with van der Waals surface area (Å²) >= 11 is 0. The number of benzene rings is 1. The minimum atomic E-state index is -4.52. The third-order valence-electron chi connectivity index (χ3n) is 8.01. The number of anilines is 1. The molecule has 1 saturated heterocycles. The van der Waals surface area contributed by atoms with E-state index in [0.717, 1.165) is 51.3 Å². The second kappa shape index (κ2) is 12.6. The summed E-state index contributed by atoms with van der Waals surface area (Å²) in [4.78, 5) is 23.2. The van der Waals surface area contributed by atoms with Crippen molar-refractivity contribution in [3.05, 3.63) is 53.7 Å². The molecule has 42 heavy (non-hydrogen) atoms. The molecule has 2 fully saturated rings. The highest BCUT2D eigenvalue weighted by Crippen LogP contribution is 2.32. The van der Waals surface area contributed by atoms with Crippen molar-refractivity contribution in [2.45, 2.75) is 63.3 Å². The van der Waals surface area contributed by atoms with Gasteiger partial charge in [-0.2, -0.15) is 18.3 Å². The van der Waals surface area contributed by atoms with Crippen molar-refractivity contribution < 1.29 is 32.2 Å². The van der Waals surface area contributed by atoms with Crippen LogP contribution in [0.5, 0.6) is 5.75 Å². The van der Waals surface area contributed by atoms with E-state index in [2.05, 4.69) is 25.3 Å². The Balaban J connectivity index is 1.04. The van der Waals surface area contributed by atoms with E-state index in [1.807, 2.05) is 0 Å². The highest BCUT2D eigenvalue weighted by molar-refractivity contribution is 5.94. The van der Waals surface area contributed by atoms with Crippen LogP contribution in [0, 0.1) is 11.7 Å². The standard InChI is InChI=1S/C29H34F4N6O3/c1-38-24(15-26(37-38)29(31,32)33)19-16-34-28(35-17-19)39-11-9-18(10-12-39)4-3-13-42-20-7-8-21(22(30)14-20)27(41)36-23-5-2-6-25(23)40/h7-8,14-18,23,25,40H,2-6,9-13H2,1H3,(H,36,41)/t23-,25-/m0/s1. The zero-order valence-electron chi connectivity index (χ0n) is 23.3. The quantitative estimate of drug-likeness (QED) is 0.274. The van der Waals surface area contributed by atoms with Gasteiger partial charge in [0.15, 0.2) is 5.69 Å². The number of aliphatic hydroxyl groups is 1. The number of halogens is 4. The van der Waals surface area contributed by atoms with E-state index in [1.54, 1.807) is 6.07 Å². The highest BCUT2D eigenvalue weighted by atomic mass is 19.4. The number of ether oxygens (including phenoxy) is 1. The number of rotatable bonds is 9. The van der Waals surface area contributed by atoms with E-state index >= 15 is 0 Å². The largest absolute Gasteiger partial charge is 0.493 e. The van der Waals surface area contributed by atoms with E-state index in [4.69, 9.17) is 4.74 Å². The molecule has 13 heteroatoms. The van der Waals surface area contributed by atoms with Gasteiger partial charge in [0.25, 0.3) is 5.91 Å². The van der Waals surface area contributed by atoms with Crippen LogP contribution in [0.25, 0.3) is 11.3 Å². The molecular formula is C29H34F4N6O3. The minimum absolute atomic E-state index is 0.0700. The first-order valence-electron chi connectivity index (χ1n) is 14.2. The summed E-state index contributed by atoms with van der Waals surface area (Å²) in [5.74, 6) is 0.198. The Morgan fingerprint density at radius 3 is 2.48 bits per heavy atom. The molecule has 1 aliphatic heterocycles. The third-order valence-corrected chi connectivity index (χ3v) is 8.01. The average molecular weight is 591 g/mol. The van der Waals surface area contributed by atoms with E-state index in [0.29, 0.717) is 48.3 Å². The van der Waals surface area contributed by atoms with Gasteiger partial charge in [-0.05, 0) is 69.1 Å². The highest BCUT2D eigenvalue weighted by Gasteiger charge is 2.35. The summed E-state index contributed by atoms with van der Waals surface area (Å²) in [5, 5.41) is 16.1.